The van der Waals surface area contributed by atoms with Gasteiger partial charge in [0.15, 0.2) is 0 Å². The lowest BCUT2D eigenvalue weighted by Crippen LogP contribution is -2.14. The average Bonchev–Trinajstić information content (AvgIpc) is 2.91. The number of thiophene rings is 1. The predicted molar refractivity (Wildman–Crippen MR) is 95.8 cm³/mol. The fourth-order valence-corrected chi connectivity index (χ4v) is 3.31. The number of hydrogen-bond donors (Lipinski definition) is 2. The molecule has 0 saturated heterocycles. The lowest BCUT2D eigenvalue weighted by molar-refractivity contribution is 0.161. The van der Waals surface area contributed by atoms with E-state index in [4.69, 9.17) is 4.74 Å². The van der Waals surface area contributed by atoms with Gasteiger partial charge in [-0.2, -0.15) is 0 Å². The van der Waals surface area contributed by atoms with Gasteiger partial charge in [-0.15, -0.1) is 11.3 Å². The van der Waals surface area contributed by atoms with Crippen molar-refractivity contribution in [1.29, 1.82) is 0 Å². The highest BCUT2D eigenvalue weighted by Crippen LogP contribution is 2.24. The second-order valence-corrected chi connectivity index (χ2v) is 7.40. The third-order valence-corrected chi connectivity index (χ3v) is 4.62. The summed E-state index contributed by atoms with van der Waals surface area (Å²) in [5.74, 6) is 0. The van der Waals surface area contributed by atoms with Crippen molar-refractivity contribution in [1.82, 2.24) is 0 Å². The summed E-state index contributed by atoms with van der Waals surface area (Å²) < 4.78 is 6.15. The summed E-state index contributed by atoms with van der Waals surface area (Å²) in [7, 11) is 0. The second kappa shape index (κ2) is 8.19. The summed E-state index contributed by atoms with van der Waals surface area (Å²) >= 11 is 5.17. The van der Waals surface area contributed by atoms with Gasteiger partial charge in [0.2, 0.25) is 0 Å². The smallest absolute Gasteiger partial charge is 0.411 e. The van der Waals surface area contributed by atoms with Crippen LogP contribution in [-0.2, 0) is 11.3 Å². The molecule has 0 aliphatic carbocycles. The maximum Gasteiger partial charge on any atom is 0.411 e. The molecule has 0 fully saturated rings. The van der Waals surface area contributed by atoms with E-state index in [1.807, 2.05) is 38.1 Å². The Labute approximate surface area is 143 Å². The normalized spacial score (nSPS) is 10.3. The first-order valence-electron chi connectivity index (χ1n) is 7.11. The number of rotatable bonds is 6. The number of hydrogen-bond acceptors (Lipinski definition) is 4. The molecule has 1 aromatic heterocycles. The van der Waals surface area contributed by atoms with Gasteiger partial charge < -0.3 is 10.1 Å². The van der Waals surface area contributed by atoms with Crippen molar-refractivity contribution >= 4 is 44.7 Å². The van der Waals surface area contributed by atoms with Crippen molar-refractivity contribution in [2.24, 2.45) is 0 Å². The van der Waals surface area contributed by atoms with Crippen LogP contribution in [0.2, 0.25) is 0 Å². The van der Waals surface area contributed by atoms with E-state index < -0.39 is 6.09 Å². The summed E-state index contributed by atoms with van der Waals surface area (Å²) in [5.41, 5.74) is 2.78. The molecule has 22 heavy (non-hydrogen) atoms. The number of carbonyl (C=O) groups is 1. The number of halogens is 1. The first-order valence-corrected chi connectivity index (χ1v) is 8.72. The highest BCUT2D eigenvalue weighted by Gasteiger charge is 2.06. The third-order valence-electron chi connectivity index (χ3n) is 3.00. The molecule has 0 atom stereocenters. The number of amides is 1. The van der Waals surface area contributed by atoms with E-state index in [9.17, 15) is 4.79 Å². The fraction of sp³-hybridized carbons (Fsp3) is 0.312. The van der Waals surface area contributed by atoms with Gasteiger partial charge in [0.05, 0.1) is 10.4 Å². The van der Waals surface area contributed by atoms with Crippen LogP contribution in [0.3, 0.4) is 0 Å². The maximum atomic E-state index is 11.6. The zero-order valence-electron chi connectivity index (χ0n) is 12.6. The molecule has 2 rings (SSSR count). The van der Waals surface area contributed by atoms with Crippen molar-refractivity contribution < 1.29 is 9.53 Å². The second-order valence-electron chi connectivity index (χ2n) is 4.85. The molecule has 2 N–H and O–H groups in total. The molecule has 0 saturated carbocycles. The standard InChI is InChI=1S/C16H19BrN2O2S/c1-3-8-21-16(20)19-14-6-4-12(9-11(14)2)18-10-13-5-7-15(17)22-13/h4-7,9,18H,3,8,10H2,1-2H3,(H,19,20). The molecule has 0 aliphatic heterocycles. The molecule has 1 heterocycles. The zero-order chi connectivity index (χ0) is 15.9. The van der Waals surface area contributed by atoms with Gasteiger partial charge in [-0.1, -0.05) is 6.92 Å². The Morgan fingerprint density at radius 1 is 1.32 bits per heavy atom. The van der Waals surface area contributed by atoms with Crippen LogP contribution in [-0.4, -0.2) is 12.7 Å². The molecule has 1 aromatic carbocycles. The van der Waals surface area contributed by atoms with Crippen LogP contribution in [0.5, 0.6) is 0 Å². The maximum absolute atomic E-state index is 11.6. The van der Waals surface area contributed by atoms with Gasteiger partial charge in [0.25, 0.3) is 0 Å². The van der Waals surface area contributed by atoms with Gasteiger partial charge >= 0.3 is 6.09 Å². The topological polar surface area (TPSA) is 50.4 Å². The minimum Gasteiger partial charge on any atom is -0.449 e. The SMILES string of the molecule is CCCOC(=O)Nc1ccc(NCc2ccc(Br)s2)cc1C. The first-order chi connectivity index (χ1) is 10.6. The molecule has 0 radical (unpaired) electrons. The molecule has 0 aliphatic rings. The average molecular weight is 383 g/mol. The van der Waals surface area contributed by atoms with Gasteiger partial charge in [0.1, 0.15) is 0 Å². The van der Waals surface area contributed by atoms with Crippen molar-refractivity contribution in [2.45, 2.75) is 26.8 Å². The van der Waals surface area contributed by atoms with Crippen LogP contribution in [0, 0.1) is 6.92 Å². The summed E-state index contributed by atoms with van der Waals surface area (Å²) in [6, 6.07) is 9.98. The van der Waals surface area contributed by atoms with E-state index in [0.29, 0.717) is 6.61 Å². The Balaban J connectivity index is 1.92. The molecular weight excluding hydrogens is 364 g/mol. The number of ether oxygens (including phenoxy) is 1. The number of anilines is 2. The largest absolute Gasteiger partial charge is 0.449 e. The quantitative estimate of drug-likeness (QED) is 0.703. The number of benzene rings is 1. The molecular formula is C16H19BrN2O2S. The Morgan fingerprint density at radius 2 is 2.14 bits per heavy atom. The molecule has 0 unspecified atom stereocenters. The zero-order valence-corrected chi connectivity index (χ0v) is 15.0. The van der Waals surface area contributed by atoms with Crippen LogP contribution in [0.4, 0.5) is 16.2 Å². The Hall–Kier alpha value is -1.53. The van der Waals surface area contributed by atoms with Crippen molar-refractivity contribution in [3.63, 3.8) is 0 Å². The molecule has 2 aromatic rings. The number of carbonyl (C=O) groups excluding carboxylic acids is 1. The minimum absolute atomic E-state index is 0.408. The van der Waals surface area contributed by atoms with Gasteiger partial charge in [0, 0.05) is 22.8 Å². The Kier molecular flexibility index (Phi) is 6.27. The van der Waals surface area contributed by atoms with Crippen LogP contribution in [0.15, 0.2) is 34.1 Å². The van der Waals surface area contributed by atoms with Gasteiger partial charge in [-0.25, -0.2) is 4.79 Å². The highest BCUT2D eigenvalue weighted by molar-refractivity contribution is 9.11. The number of aryl methyl sites for hydroxylation is 1. The predicted octanol–water partition coefficient (Wildman–Crippen LogP) is 5.39. The fourth-order valence-electron chi connectivity index (χ4n) is 1.89. The Morgan fingerprint density at radius 3 is 2.77 bits per heavy atom. The van der Waals surface area contributed by atoms with Crippen LogP contribution < -0.4 is 10.6 Å². The summed E-state index contributed by atoms with van der Waals surface area (Å²) in [4.78, 5) is 12.8. The van der Waals surface area contributed by atoms with Gasteiger partial charge in [-0.3, -0.25) is 5.32 Å². The molecule has 118 valence electrons. The van der Waals surface area contributed by atoms with Crippen molar-refractivity contribution in [2.75, 3.05) is 17.2 Å². The minimum atomic E-state index is -0.408. The molecule has 1 amide bonds. The van der Waals surface area contributed by atoms with E-state index in [0.717, 1.165) is 33.7 Å². The van der Waals surface area contributed by atoms with E-state index in [1.54, 1.807) is 11.3 Å². The van der Waals surface area contributed by atoms with E-state index in [1.165, 1.54) is 4.88 Å². The molecule has 4 nitrogen and oxygen atoms in total. The lowest BCUT2D eigenvalue weighted by Gasteiger charge is -2.11. The third kappa shape index (κ3) is 5.03. The van der Waals surface area contributed by atoms with Gasteiger partial charge in [-0.05, 0) is 65.2 Å². The van der Waals surface area contributed by atoms with E-state index in [-0.39, 0.29) is 0 Å². The monoisotopic (exact) mass is 382 g/mol. The number of nitrogens with one attached hydrogen (secondary N) is 2. The van der Waals surface area contributed by atoms with Crippen molar-refractivity contribution in [3.8, 4) is 0 Å². The molecule has 0 spiro atoms. The summed E-state index contributed by atoms with van der Waals surface area (Å²) in [6.07, 6.45) is 0.405. The Bertz CT molecular complexity index is 643. The summed E-state index contributed by atoms with van der Waals surface area (Å²) in [5, 5.41) is 6.13. The van der Waals surface area contributed by atoms with Crippen molar-refractivity contribution in [3.05, 3.63) is 44.6 Å². The van der Waals surface area contributed by atoms with Crippen LogP contribution in [0.1, 0.15) is 23.8 Å². The summed E-state index contributed by atoms with van der Waals surface area (Å²) in [6.45, 7) is 5.13. The molecule has 6 heteroatoms. The molecule has 0 bridgehead atoms. The van der Waals surface area contributed by atoms with E-state index in [2.05, 4.69) is 32.6 Å². The van der Waals surface area contributed by atoms with Crippen LogP contribution >= 0.6 is 27.3 Å². The first kappa shape index (κ1) is 16.8. The van der Waals surface area contributed by atoms with E-state index >= 15 is 0 Å². The lowest BCUT2D eigenvalue weighted by atomic mass is 10.2. The van der Waals surface area contributed by atoms with Crippen LogP contribution in [0.25, 0.3) is 0 Å². The highest BCUT2D eigenvalue weighted by atomic mass is 79.9.